The summed E-state index contributed by atoms with van der Waals surface area (Å²) >= 11 is 0. The van der Waals surface area contributed by atoms with Gasteiger partial charge in [0.2, 0.25) is 6.41 Å². The Morgan fingerprint density at radius 2 is 2.00 bits per heavy atom. The average molecular weight is 215 g/mol. The highest BCUT2D eigenvalue weighted by Crippen LogP contribution is 2.23. The summed E-state index contributed by atoms with van der Waals surface area (Å²) in [6.45, 7) is 0. The van der Waals surface area contributed by atoms with Crippen molar-refractivity contribution in [3.63, 3.8) is 0 Å². The van der Waals surface area contributed by atoms with Gasteiger partial charge in [0.1, 0.15) is 6.04 Å². The maximum atomic E-state index is 12.1. The van der Waals surface area contributed by atoms with Crippen molar-refractivity contribution in [3.8, 4) is 0 Å². The predicted octanol–water partition coefficient (Wildman–Crippen LogP) is 1.70. The van der Waals surface area contributed by atoms with E-state index in [9.17, 15) is 9.59 Å². The number of allylic oxidation sites excluding steroid dienone is 1. The number of hydrogen-bond donors (Lipinski definition) is 1. The van der Waals surface area contributed by atoms with Crippen LogP contribution < -0.4 is 5.32 Å². The fourth-order valence-corrected chi connectivity index (χ4v) is 1.76. The van der Waals surface area contributed by atoms with Crippen LogP contribution in [0.5, 0.6) is 0 Å². The summed E-state index contributed by atoms with van der Waals surface area (Å²) in [6.07, 6.45) is 4.48. The van der Waals surface area contributed by atoms with Gasteiger partial charge in [-0.25, -0.2) is 0 Å². The van der Waals surface area contributed by atoms with Gasteiger partial charge in [0.25, 0.3) is 0 Å². The molecular formula is C13H13NO2. The summed E-state index contributed by atoms with van der Waals surface area (Å²) in [6, 6.07) is 8.55. The molecule has 16 heavy (non-hydrogen) atoms. The molecule has 0 unspecified atom stereocenters. The van der Waals surface area contributed by atoms with Gasteiger partial charge in [0.05, 0.1) is 0 Å². The molecule has 3 nitrogen and oxygen atoms in total. The van der Waals surface area contributed by atoms with Gasteiger partial charge in [-0.05, 0) is 18.4 Å². The molecule has 1 aliphatic carbocycles. The van der Waals surface area contributed by atoms with E-state index in [2.05, 4.69) is 5.32 Å². The van der Waals surface area contributed by atoms with Gasteiger partial charge in [-0.15, -0.1) is 0 Å². The van der Waals surface area contributed by atoms with E-state index in [-0.39, 0.29) is 5.78 Å². The number of carbonyl (C=O) groups excluding carboxylic acids is 2. The molecule has 0 saturated heterocycles. The summed E-state index contributed by atoms with van der Waals surface area (Å²) in [5.41, 5.74) is 1.65. The number of ketones is 1. The second-order valence-electron chi connectivity index (χ2n) is 3.77. The fraction of sp³-hybridized carbons (Fsp3) is 0.231. The molecule has 0 radical (unpaired) electrons. The Morgan fingerprint density at radius 3 is 2.50 bits per heavy atom. The van der Waals surface area contributed by atoms with Gasteiger partial charge in [-0.2, -0.15) is 0 Å². The largest absolute Gasteiger partial charge is 0.345 e. The molecule has 0 aliphatic heterocycles. The number of carbonyl (C=O) groups is 2. The molecule has 3 heteroatoms. The van der Waals surface area contributed by atoms with Crippen LogP contribution in [0.1, 0.15) is 23.2 Å². The minimum Gasteiger partial charge on any atom is -0.345 e. The van der Waals surface area contributed by atoms with Crippen molar-refractivity contribution < 1.29 is 9.59 Å². The van der Waals surface area contributed by atoms with Crippen LogP contribution in [0.2, 0.25) is 0 Å². The molecule has 1 amide bonds. The molecule has 1 aromatic carbocycles. The first-order valence-electron chi connectivity index (χ1n) is 5.31. The molecule has 1 N–H and O–H groups in total. The lowest BCUT2D eigenvalue weighted by Gasteiger charge is -2.23. The molecule has 82 valence electrons. The summed E-state index contributed by atoms with van der Waals surface area (Å²) in [5, 5.41) is 2.58. The topological polar surface area (TPSA) is 46.2 Å². The van der Waals surface area contributed by atoms with E-state index in [0.29, 0.717) is 12.0 Å². The quantitative estimate of drug-likeness (QED) is 0.461. The van der Waals surface area contributed by atoms with Crippen molar-refractivity contribution in [3.05, 3.63) is 47.5 Å². The third kappa shape index (κ3) is 2.03. The van der Waals surface area contributed by atoms with Gasteiger partial charge < -0.3 is 5.32 Å². The van der Waals surface area contributed by atoms with Crippen molar-refractivity contribution in [1.29, 1.82) is 0 Å². The molecule has 1 atom stereocenters. The summed E-state index contributed by atoms with van der Waals surface area (Å²) in [7, 11) is 0. The number of rotatable bonds is 5. The minimum atomic E-state index is -0.478. The zero-order valence-electron chi connectivity index (χ0n) is 8.85. The zero-order valence-corrected chi connectivity index (χ0v) is 8.85. The molecular weight excluding hydrogens is 202 g/mol. The fourth-order valence-electron chi connectivity index (χ4n) is 1.76. The van der Waals surface area contributed by atoms with E-state index in [1.165, 1.54) is 0 Å². The highest BCUT2D eigenvalue weighted by molar-refractivity contribution is 6.03. The molecule has 2 rings (SSSR count). The van der Waals surface area contributed by atoms with Crippen LogP contribution >= 0.6 is 0 Å². The number of amides is 1. The molecule has 0 saturated carbocycles. The first-order valence-corrected chi connectivity index (χ1v) is 5.31. The lowest BCUT2D eigenvalue weighted by Crippen LogP contribution is -2.39. The third-order valence-corrected chi connectivity index (χ3v) is 2.77. The maximum Gasteiger partial charge on any atom is 0.207 e. The molecule has 0 fully saturated rings. The number of hydrogen-bond acceptors (Lipinski definition) is 2. The van der Waals surface area contributed by atoms with Crippen LogP contribution in [0.3, 0.4) is 0 Å². The van der Waals surface area contributed by atoms with Gasteiger partial charge in [-0.3, -0.25) is 9.59 Å². The van der Waals surface area contributed by atoms with Gasteiger partial charge in [-0.1, -0.05) is 36.4 Å². The average Bonchev–Trinajstić information content (AvgIpc) is 2.26. The SMILES string of the molecule is O=CN[C@H](C(=O)c1ccccc1)C1=CCC1. The number of Topliss-reactive ketones (excluding diaryl/α,β-unsaturated/α-hetero) is 1. The van der Waals surface area contributed by atoms with E-state index in [4.69, 9.17) is 0 Å². The van der Waals surface area contributed by atoms with Crippen molar-refractivity contribution in [1.82, 2.24) is 5.32 Å². The Kier molecular flexibility index (Phi) is 3.15. The smallest absolute Gasteiger partial charge is 0.207 e. The zero-order chi connectivity index (χ0) is 11.4. The Bertz CT molecular complexity index is 423. The third-order valence-electron chi connectivity index (χ3n) is 2.77. The second kappa shape index (κ2) is 4.75. The Balaban J connectivity index is 2.20. The summed E-state index contributed by atoms with van der Waals surface area (Å²) < 4.78 is 0. The van der Waals surface area contributed by atoms with E-state index < -0.39 is 6.04 Å². The molecule has 0 aromatic heterocycles. The highest BCUT2D eigenvalue weighted by Gasteiger charge is 2.25. The van der Waals surface area contributed by atoms with E-state index in [0.717, 1.165) is 18.4 Å². The predicted molar refractivity (Wildman–Crippen MR) is 61.1 cm³/mol. The van der Waals surface area contributed by atoms with Crippen LogP contribution in [0.25, 0.3) is 0 Å². The Hall–Kier alpha value is -1.90. The summed E-state index contributed by atoms with van der Waals surface area (Å²) in [5.74, 6) is -0.0429. The first-order chi connectivity index (χ1) is 7.83. The monoisotopic (exact) mass is 215 g/mol. The van der Waals surface area contributed by atoms with E-state index in [1.54, 1.807) is 12.1 Å². The molecule has 0 bridgehead atoms. The number of nitrogens with one attached hydrogen (secondary N) is 1. The van der Waals surface area contributed by atoms with Crippen LogP contribution in [0.15, 0.2) is 42.0 Å². The standard InChI is InChI=1S/C13H13NO2/c15-9-14-12(10-7-4-8-10)13(16)11-5-2-1-3-6-11/h1-3,5-7,9,12H,4,8H2,(H,14,15)/t12-/m0/s1. The van der Waals surface area contributed by atoms with Crippen molar-refractivity contribution in [2.24, 2.45) is 0 Å². The Labute approximate surface area is 94.2 Å². The molecule has 0 heterocycles. The second-order valence-corrected chi connectivity index (χ2v) is 3.77. The summed E-state index contributed by atoms with van der Waals surface area (Å²) in [4.78, 5) is 22.6. The van der Waals surface area contributed by atoms with E-state index >= 15 is 0 Å². The van der Waals surface area contributed by atoms with Crippen LogP contribution in [-0.4, -0.2) is 18.2 Å². The van der Waals surface area contributed by atoms with Crippen LogP contribution in [-0.2, 0) is 4.79 Å². The Morgan fingerprint density at radius 1 is 1.31 bits per heavy atom. The molecule has 1 aromatic rings. The molecule has 1 aliphatic rings. The van der Waals surface area contributed by atoms with Crippen molar-refractivity contribution >= 4 is 12.2 Å². The molecule has 0 spiro atoms. The van der Waals surface area contributed by atoms with Crippen molar-refractivity contribution in [2.75, 3.05) is 0 Å². The lowest BCUT2D eigenvalue weighted by atomic mass is 9.87. The van der Waals surface area contributed by atoms with Crippen molar-refractivity contribution in [2.45, 2.75) is 18.9 Å². The normalized spacial score (nSPS) is 15.6. The van der Waals surface area contributed by atoms with Crippen LogP contribution in [0.4, 0.5) is 0 Å². The van der Waals surface area contributed by atoms with Gasteiger partial charge in [0.15, 0.2) is 5.78 Å². The number of benzene rings is 1. The highest BCUT2D eigenvalue weighted by atomic mass is 16.1. The minimum absolute atomic E-state index is 0.0429. The lowest BCUT2D eigenvalue weighted by molar-refractivity contribution is -0.109. The maximum absolute atomic E-state index is 12.1. The first kappa shape index (κ1) is 10.6. The van der Waals surface area contributed by atoms with Gasteiger partial charge in [0, 0.05) is 5.56 Å². The van der Waals surface area contributed by atoms with Crippen LogP contribution in [0, 0.1) is 0 Å². The van der Waals surface area contributed by atoms with Gasteiger partial charge >= 0.3 is 0 Å². The van der Waals surface area contributed by atoms with E-state index in [1.807, 2.05) is 24.3 Å².